The Morgan fingerprint density at radius 1 is 1.18 bits per heavy atom. The fourth-order valence-corrected chi connectivity index (χ4v) is 5.03. The fraction of sp³-hybridized carbons (Fsp3) is 0.762. The van der Waals surface area contributed by atoms with Gasteiger partial charge in [0, 0.05) is 44.5 Å². The van der Waals surface area contributed by atoms with E-state index in [0.717, 1.165) is 31.7 Å². The van der Waals surface area contributed by atoms with Crippen LogP contribution in [0, 0.1) is 12.8 Å². The summed E-state index contributed by atoms with van der Waals surface area (Å²) in [5.74, 6) is 0.731. The van der Waals surface area contributed by atoms with Crippen molar-refractivity contribution in [2.45, 2.75) is 77.5 Å². The summed E-state index contributed by atoms with van der Waals surface area (Å²) >= 11 is 0. The van der Waals surface area contributed by atoms with Crippen LogP contribution in [0.25, 0.3) is 0 Å². The van der Waals surface area contributed by atoms with Crippen LogP contribution in [0.4, 0.5) is 0 Å². The Bertz CT molecular complexity index is 724. The zero-order chi connectivity index (χ0) is 19.7. The van der Waals surface area contributed by atoms with Crippen molar-refractivity contribution >= 4 is 11.8 Å². The maximum Gasteiger partial charge on any atom is 0.245 e. The number of carbonyl (C=O) groups excluding carboxylic acids is 2. The minimum atomic E-state index is -0.356. The Kier molecular flexibility index (Phi) is 5.71. The number of fused-ring (bicyclic) bond motifs is 1. The molecule has 0 unspecified atom stereocenters. The van der Waals surface area contributed by atoms with Gasteiger partial charge in [0.1, 0.15) is 12.1 Å². The van der Waals surface area contributed by atoms with Crippen LogP contribution in [-0.2, 0) is 22.7 Å². The van der Waals surface area contributed by atoms with E-state index in [2.05, 4.69) is 28.4 Å². The minimum absolute atomic E-state index is 0.0195. The first-order chi connectivity index (χ1) is 13.5. The highest BCUT2D eigenvalue weighted by Gasteiger charge is 2.43. The molecule has 1 saturated carbocycles. The van der Waals surface area contributed by atoms with Gasteiger partial charge in [0.15, 0.2) is 0 Å². The van der Waals surface area contributed by atoms with Crippen LogP contribution >= 0.6 is 0 Å². The number of nitrogens with zero attached hydrogens (tertiary/aromatic N) is 4. The summed E-state index contributed by atoms with van der Waals surface area (Å²) < 4.78 is 1.95. The molecular weight excluding hydrogens is 354 g/mol. The average Bonchev–Trinajstić information content (AvgIpc) is 3.06. The lowest BCUT2D eigenvalue weighted by atomic mass is 9.84. The van der Waals surface area contributed by atoms with E-state index in [1.54, 1.807) is 0 Å². The van der Waals surface area contributed by atoms with E-state index in [4.69, 9.17) is 0 Å². The van der Waals surface area contributed by atoms with E-state index < -0.39 is 0 Å². The Balaban J connectivity index is 1.38. The molecule has 1 aliphatic carbocycles. The van der Waals surface area contributed by atoms with Gasteiger partial charge < -0.3 is 10.2 Å². The SMILES string of the molecule is CCn1cc(CN2CCN3C(=O)[C@H](CC4CCCCC4)NC(=O)[C@H]3C2)c(C)n1. The molecule has 3 heterocycles. The van der Waals surface area contributed by atoms with Crippen molar-refractivity contribution in [1.82, 2.24) is 24.9 Å². The first-order valence-electron chi connectivity index (χ1n) is 10.9. The molecule has 154 valence electrons. The molecule has 0 spiro atoms. The zero-order valence-corrected chi connectivity index (χ0v) is 17.2. The number of aromatic nitrogens is 2. The molecule has 7 nitrogen and oxygen atoms in total. The van der Waals surface area contributed by atoms with Gasteiger partial charge in [-0.2, -0.15) is 5.10 Å². The van der Waals surface area contributed by atoms with Crippen molar-refractivity contribution in [3.8, 4) is 0 Å². The van der Waals surface area contributed by atoms with Gasteiger partial charge in [-0.1, -0.05) is 32.1 Å². The van der Waals surface area contributed by atoms with Gasteiger partial charge in [0.2, 0.25) is 11.8 Å². The highest BCUT2D eigenvalue weighted by Crippen LogP contribution is 2.29. The van der Waals surface area contributed by atoms with Crippen LogP contribution in [-0.4, -0.2) is 63.1 Å². The number of aryl methyl sites for hydroxylation is 2. The lowest BCUT2D eigenvalue weighted by Gasteiger charge is -2.45. The first kappa shape index (κ1) is 19.4. The molecule has 2 atom stereocenters. The van der Waals surface area contributed by atoms with Crippen molar-refractivity contribution in [2.75, 3.05) is 19.6 Å². The quantitative estimate of drug-likeness (QED) is 0.835. The van der Waals surface area contributed by atoms with E-state index in [9.17, 15) is 9.59 Å². The fourth-order valence-electron chi connectivity index (χ4n) is 5.03. The van der Waals surface area contributed by atoms with E-state index in [-0.39, 0.29) is 23.9 Å². The summed E-state index contributed by atoms with van der Waals surface area (Å²) in [7, 11) is 0. The van der Waals surface area contributed by atoms with E-state index in [1.807, 2.05) is 16.5 Å². The Labute approximate surface area is 167 Å². The lowest BCUT2D eigenvalue weighted by molar-refractivity contribution is -0.153. The molecule has 28 heavy (non-hydrogen) atoms. The molecule has 4 rings (SSSR count). The van der Waals surface area contributed by atoms with E-state index >= 15 is 0 Å². The van der Waals surface area contributed by atoms with E-state index in [0.29, 0.717) is 19.0 Å². The third-order valence-electron chi connectivity index (χ3n) is 6.72. The number of amides is 2. The second-order valence-electron chi connectivity index (χ2n) is 8.68. The summed E-state index contributed by atoms with van der Waals surface area (Å²) in [6.45, 7) is 7.80. The molecule has 2 amide bonds. The topological polar surface area (TPSA) is 70.5 Å². The van der Waals surface area contributed by atoms with Crippen molar-refractivity contribution in [2.24, 2.45) is 5.92 Å². The summed E-state index contributed by atoms with van der Waals surface area (Å²) in [5.41, 5.74) is 2.24. The molecule has 3 fully saturated rings. The van der Waals surface area contributed by atoms with Crippen LogP contribution in [0.1, 0.15) is 56.7 Å². The third kappa shape index (κ3) is 3.95. The highest BCUT2D eigenvalue weighted by molar-refractivity contribution is 5.97. The van der Waals surface area contributed by atoms with Gasteiger partial charge in [-0.25, -0.2) is 0 Å². The van der Waals surface area contributed by atoms with Crippen LogP contribution in [0.3, 0.4) is 0 Å². The minimum Gasteiger partial charge on any atom is -0.342 e. The molecule has 0 radical (unpaired) electrons. The molecule has 7 heteroatoms. The number of hydrogen-bond acceptors (Lipinski definition) is 4. The molecule has 3 aliphatic rings. The van der Waals surface area contributed by atoms with Gasteiger partial charge in [-0.05, 0) is 26.2 Å². The van der Waals surface area contributed by atoms with Crippen LogP contribution < -0.4 is 5.32 Å². The van der Waals surface area contributed by atoms with Crippen molar-refractivity contribution in [3.05, 3.63) is 17.5 Å². The normalized spacial score (nSPS) is 27.0. The second-order valence-corrected chi connectivity index (χ2v) is 8.68. The first-order valence-corrected chi connectivity index (χ1v) is 10.9. The predicted molar refractivity (Wildman–Crippen MR) is 107 cm³/mol. The smallest absolute Gasteiger partial charge is 0.245 e. The third-order valence-corrected chi connectivity index (χ3v) is 6.72. The van der Waals surface area contributed by atoms with Crippen molar-refractivity contribution < 1.29 is 9.59 Å². The molecule has 1 aromatic rings. The summed E-state index contributed by atoms with van der Waals surface area (Å²) in [5, 5.41) is 7.56. The predicted octanol–water partition coefficient (Wildman–Crippen LogP) is 1.69. The Morgan fingerprint density at radius 2 is 1.96 bits per heavy atom. The second kappa shape index (κ2) is 8.23. The van der Waals surface area contributed by atoms with Gasteiger partial charge in [-0.3, -0.25) is 19.2 Å². The van der Waals surface area contributed by atoms with Crippen molar-refractivity contribution in [1.29, 1.82) is 0 Å². The van der Waals surface area contributed by atoms with Crippen LogP contribution in [0.2, 0.25) is 0 Å². The number of hydrogen-bond donors (Lipinski definition) is 1. The monoisotopic (exact) mass is 387 g/mol. The molecule has 2 saturated heterocycles. The molecule has 1 N–H and O–H groups in total. The van der Waals surface area contributed by atoms with Crippen LogP contribution in [0.15, 0.2) is 6.20 Å². The Hall–Kier alpha value is -1.89. The molecule has 2 aliphatic heterocycles. The standard InChI is InChI=1S/C21H33N5O2/c1-3-25-13-17(15(2)23-25)12-24-9-10-26-19(14-24)20(27)22-18(21(26)28)11-16-7-5-4-6-8-16/h13,16,18-19H,3-12,14H2,1-2H3,(H,22,27)/t18-,19+/m0/s1. The van der Waals surface area contributed by atoms with Gasteiger partial charge in [-0.15, -0.1) is 0 Å². The zero-order valence-electron chi connectivity index (χ0n) is 17.2. The van der Waals surface area contributed by atoms with Gasteiger partial charge >= 0.3 is 0 Å². The number of nitrogens with one attached hydrogen (secondary N) is 1. The summed E-state index contributed by atoms with van der Waals surface area (Å²) in [6.07, 6.45) is 9.12. The molecule has 0 aromatic carbocycles. The molecular formula is C21H33N5O2. The Morgan fingerprint density at radius 3 is 2.68 bits per heavy atom. The summed E-state index contributed by atoms with van der Waals surface area (Å²) in [4.78, 5) is 29.9. The molecule has 0 bridgehead atoms. The number of piperazine rings is 2. The summed E-state index contributed by atoms with van der Waals surface area (Å²) in [6, 6.07) is -0.672. The van der Waals surface area contributed by atoms with Crippen molar-refractivity contribution in [3.63, 3.8) is 0 Å². The van der Waals surface area contributed by atoms with Crippen LogP contribution in [0.5, 0.6) is 0 Å². The lowest BCUT2D eigenvalue weighted by Crippen LogP contribution is -2.69. The van der Waals surface area contributed by atoms with Gasteiger partial charge in [0.05, 0.1) is 5.69 Å². The number of rotatable bonds is 5. The highest BCUT2D eigenvalue weighted by atomic mass is 16.2. The van der Waals surface area contributed by atoms with E-state index in [1.165, 1.54) is 37.7 Å². The maximum atomic E-state index is 13.0. The average molecular weight is 388 g/mol. The van der Waals surface area contributed by atoms with Gasteiger partial charge in [0.25, 0.3) is 0 Å². The largest absolute Gasteiger partial charge is 0.342 e. The maximum absolute atomic E-state index is 13.0. The molecule has 1 aromatic heterocycles. The number of carbonyl (C=O) groups is 2.